The Morgan fingerprint density at radius 1 is 1.29 bits per heavy atom. The van der Waals surface area contributed by atoms with Gasteiger partial charge in [0.25, 0.3) is 5.92 Å². The molecule has 0 spiro atoms. The van der Waals surface area contributed by atoms with E-state index in [1.807, 2.05) is 0 Å². The normalized spacial score (nSPS) is 11.4. The second-order valence-corrected chi connectivity index (χ2v) is 3.35. The van der Waals surface area contributed by atoms with Crippen LogP contribution >= 0.6 is 11.6 Å². The minimum absolute atomic E-state index is 0.0853. The van der Waals surface area contributed by atoms with E-state index in [0.29, 0.717) is 0 Å². The van der Waals surface area contributed by atoms with Gasteiger partial charge in [-0.25, -0.2) is 8.78 Å². The SMILES string of the molecule is O=C(Cl)CCC(F)(F)c1ccccc1. The number of carbonyl (C=O) groups is 1. The maximum absolute atomic E-state index is 13.3. The minimum atomic E-state index is -2.98. The summed E-state index contributed by atoms with van der Waals surface area (Å²) in [5, 5.41) is -0.736. The minimum Gasteiger partial charge on any atom is -0.281 e. The monoisotopic (exact) mass is 218 g/mol. The summed E-state index contributed by atoms with van der Waals surface area (Å²) in [7, 11) is 0. The van der Waals surface area contributed by atoms with Crippen molar-refractivity contribution in [2.45, 2.75) is 18.8 Å². The van der Waals surface area contributed by atoms with E-state index in [-0.39, 0.29) is 12.0 Å². The second-order valence-electron chi connectivity index (χ2n) is 2.93. The van der Waals surface area contributed by atoms with Crippen molar-refractivity contribution >= 4 is 16.8 Å². The molecule has 1 aromatic carbocycles. The average molecular weight is 219 g/mol. The van der Waals surface area contributed by atoms with Gasteiger partial charge in [0.1, 0.15) is 0 Å². The first-order valence-electron chi connectivity index (χ1n) is 4.14. The summed E-state index contributed by atoms with van der Waals surface area (Å²) in [5.74, 6) is -2.98. The van der Waals surface area contributed by atoms with E-state index in [1.165, 1.54) is 24.3 Å². The van der Waals surface area contributed by atoms with Crippen molar-refractivity contribution in [1.29, 1.82) is 0 Å². The Hall–Kier alpha value is -0.960. The fourth-order valence-corrected chi connectivity index (χ4v) is 1.18. The first-order valence-corrected chi connectivity index (χ1v) is 4.52. The molecule has 0 fully saturated rings. The molecule has 14 heavy (non-hydrogen) atoms. The molecule has 0 amide bonds. The van der Waals surface area contributed by atoms with Crippen LogP contribution in [0.4, 0.5) is 8.78 Å². The standard InChI is InChI=1S/C10H9ClF2O/c11-9(14)6-7-10(12,13)8-4-2-1-3-5-8/h1-5H,6-7H2. The van der Waals surface area contributed by atoms with Crippen LogP contribution in [0, 0.1) is 0 Å². The van der Waals surface area contributed by atoms with Crippen molar-refractivity contribution in [3.63, 3.8) is 0 Å². The molecule has 4 heteroatoms. The topological polar surface area (TPSA) is 17.1 Å². The van der Waals surface area contributed by atoms with Crippen molar-refractivity contribution in [2.24, 2.45) is 0 Å². The van der Waals surface area contributed by atoms with Gasteiger partial charge in [-0.2, -0.15) is 0 Å². The predicted octanol–water partition coefficient (Wildman–Crippen LogP) is 3.32. The molecular formula is C10H9ClF2O. The molecule has 0 saturated heterocycles. The lowest BCUT2D eigenvalue weighted by Crippen LogP contribution is -2.14. The Balaban J connectivity index is 2.70. The Bertz CT molecular complexity index is 311. The molecule has 0 bridgehead atoms. The molecule has 1 rings (SSSR count). The van der Waals surface area contributed by atoms with E-state index < -0.39 is 17.6 Å². The van der Waals surface area contributed by atoms with Crippen LogP contribution < -0.4 is 0 Å². The zero-order chi connectivity index (χ0) is 10.6. The molecule has 1 aromatic rings. The lowest BCUT2D eigenvalue weighted by molar-refractivity contribution is -0.113. The van der Waals surface area contributed by atoms with Crippen molar-refractivity contribution in [3.8, 4) is 0 Å². The van der Waals surface area contributed by atoms with Crippen molar-refractivity contribution in [3.05, 3.63) is 35.9 Å². The Morgan fingerprint density at radius 3 is 2.36 bits per heavy atom. The summed E-state index contributed by atoms with van der Waals surface area (Å²) in [6.07, 6.45) is -0.858. The highest BCUT2D eigenvalue weighted by atomic mass is 35.5. The number of hydrogen-bond donors (Lipinski definition) is 0. The zero-order valence-electron chi connectivity index (χ0n) is 7.34. The Kier molecular flexibility index (Phi) is 3.58. The summed E-state index contributed by atoms with van der Waals surface area (Å²) in [4.78, 5) is 10.4. The van der Waals surface area contributed by atoms with Gasteiger partial charge in [-0.05, 0) is 11.6 Å². The molecule has 0 aliphatic heterocycles. The van der Waals surface area contributed by atoms with Crippen LogP contribution in [0.5, 0.6) is 0 Å². The zero-order valence-corrected chi connectivity index (χ0v) is 8.10. The molecule has 0 heterocycles. The molecule has 0 saturated carbocycles. The van der Waals surface area contributed by atoms with Crippen LogP contribution in [-0.2, 0) is 10.7 Å². The summed E-state index contributed by atoms with van der Waals surface area (Å²) >= 11 is 5.00. The number of carbonyl (C=O) groups excluding carboxylic acids is 1. The van der Waals surface area contributed by atoms with Crippen LogP contribution in [-0.4, -0.2) is 5.24 Å². The third-order valence-corrected chi connectivity index (χ3v) is 2.02. The Labute approximate surface area is 85.7 Å². The van der Waals surface area contributed by atoms with Crippen molar-refractivity contribution in [1.82, 2.24) is 0 Å². The smallest absolute Gasteiger partial charge is 0.273 e. The van der Waals surface area contributed by atoms with Gasteiger partial charge in [0, 0.05) is 18.4 Å². The summed E-state index contributed by atoms with van der Waals surface area (Å²) in [6.45, 7) is 0. The van der Waals surface area contributed by atoms with Gasteiger partial charge in [0.2, 0.25) is 5.24 Å². The lowest BCUT2D eigenvalue weighted by Gasteiger charge is -2.15. The van der Waals surface area contributed by atoms with Crippen LogP contribution in [0.2, 0.25) is 0 Å². The molecule has 0 aliphatic rings. The van der Waals surface area contributed by atoms with Gasteiger partial charge in [0.15, 0.2) is 0 Å². The maximum atomic E-state index is 13.3. The third-order valence-electron chi connectivity index (χ3n) is 1.83. The quantitative estimate of drug-likeness (QED) is 0.709. The largest absolute Gasteiger partial charge is 0.281 e. The molecule has 0 atom stereocenters. The molecule has 0 radical (unpaired) electrons. The molecular weight excluding hydrogens is 210 g/mol. The van der Waals surface area contributed by atoms with Crippen LogP contribution in [0.15, 0.2) is 30.3 Å². The van der Waals surface area contributed by atoms with Gasteiger partial charge in [-0.1, -0.05) is 30.3 Å². The number of alkyl halides is 2. The molecule has 76 valence electrons. The van der Waals surface area contributed by atoms with Gasteiger partial charge >= 0.3 is 0 Å². The molecule has 0 N–H and O–H groups in total. The van der Waals surface area contributed by atoms with E-state index >= 15 is 0 Å². The fraction of sp³-hybridized carbons (Fsp3) is 0.300. The van der Waals surface area contributed by atoms with E-state index in [4.69, 9.17) is 11.6 Å². The van der Waals surface area contributed by atoms with Gasteiger partial charge in [-0.3, -0.25) is 4.79 Å². The summed E-state index contributed by atoms with van der Waals surface area (Å²) < 4.78 is 26.6. The van der Waals surface area contributed by atoms with Gasteiger partial charge in [0.05, 0.1) is 0 Å². The second kappa shape index (κ2) is 4.51. The summed E-state index contributed by atoms with van der Waals surface area (Å²) in [6, 6.07) is 7.39. The maximum Gasteiger partial charge on any atom is 0.273 e. The van der Waals surface area contributed by atoms with E-state index in [9.17, 15) is 13.6 Å². The average Bonchev–Trinajstić information content (AvgIpc) is 2.16. The number of rotatable bonds is 4. The van der Waals surface area contributed by atoms with E-state index in [1.54, 1.807) is 6.07 Å². The van der Waals surface area contributed by atoms with Gasteiger partial charge < -0.3 is 0 Å². The fourth-order valence-electron chi connectivity index (χ4n) is 1.08. The molecule has 0 unspecified atom stereocenters. The number of benzene rings is 1. The first kappa shape index (κ1) is 11.1. The summed E-state index contributed by atoms with van der Waals surface area (Å²) in [5.41, 5.74) is -0.0853. The highest BCUT2D eigenvalue weighted by Crippen LogP contribution is 2.32. The highest BCUT2D eigenvalue weighted by molar-refractivity contribution is 6.63. The third kappa shape index (κ3) is 3.07. The van der Waals surface area contributed by atoms with Crippen molar-refractivity contribution < 1.29 is 13.6 Å². The van der Waals surface area contributed by atoms with Crippen LogP contribution in [0.1, 0.15) is 18.4 Å². The molecule has 0 aliphatic carbocycles. The van der Waals surface area contributed by atoms with Crippen LogP contribution in [0.3, 0.4) is 0 Å². The molecule has 0 aromatic heterocycles. The van der Waals surface area contributed by atoms with Gasteiger partial charge in [-0.15, -0.1) is 0 Å². The highest BCUT2D eigenvalue weighted by Gasteiger charge is 2.31. The first-order chi connectivity index (χ1) is 6.52. The van der Waals surface area contributed by atoms with E-state index in [0.717, 1.165) is 0 Å². The predicted molar refractivity (Wildman–Crippen MR) is 50.4 cm³/mol. The number of halogens is 3. The molecule has 1 nitrogen and oxygen atoms in total. The van der Waals surface area contributed by atoms with Crippen LogP contribution in [0.25, 0.3) is 0 Å². The number of hydrogen-bond acceptors (Lipinski definition) is 1. The lowest BCUT2D eigenvalue weighted by atomic mass is 10.0. The Morgan fingerprint density at radius 2 is 1.86 bits per heavy atom. The van der Waals surface area contributed by atoms with Crippen molar-refractivity contribution in [2.75, 3.05) is 0 Å². The van der Waals surface area contributed by atoms with E-state index in [2.05, 4.69) is 0 Å².